The first-order valence-electron chi connectivity index (χ1n) is 5.59. The van der Waals surface area contributed by atoms with Gasteiger partial charge in [-0.3, -0.25) is 4.79 Å². The first-order chi connectivity index (χ1) is 9.54. The molecule has 2 rings (SSSR count). The van der Waals surface area contributed by atoms with E-state index in [1.165, 1.54) is 19.2 Å². The number of nitrogens with two attached hydrogens (primary N) is 1. The predicted octanol–water partition coefficient (Wildman–Crippen LogP) is 2.07. The van der Waals surface area contributed by atoms with Gasteiger partial charge in [0.25, 0.3) is 5.91 Å². The van der Waals surface area contributed by atoms with Gasteiger partial charge in [-0.05, 0) is 23.6 Å². The van der Waals surface area contributed by atoms with Gasteiger partial charge in [0, 0.05) is 0 Å². The van der Waals surface area contributed by atoms with E-state index in [9.17, 15) is 14.7 Å². The molecule has 1 aromatic heterocycles. The van der Waals surface area contributed by atoms with Gasteiger partial charge in [0.2, 0.25) is 0 Å². The third-order valence-corrected chi connectivity index (χ3v) is 3.49. The number of rotatable bonds is 3. The molecule has 0 aliphatic rings. The van der Waals surface area contributed by atoms with E-state index in [1.54, 1.807) is 17.5 Å². The molecule has 6 nitrogen and oxygen atoms in total. The second kappa shape index (κ2) is 5.62. The molecule has 0 aliphatic carbocycles. The van der Waals surface area contributed by atoms with E-state index in [0.29, 0.717) is 5.69 Å². The molecule has 4 N–H and O–H groups in total. The van der Waals surface area contributed by atoms with E-state index in [2.05, 4.69) is 10.1 Å². The number of esters is 1. The van der Waals surface area contributed by atoms with Crippen LogP contribution in [0.1, 0.15) is 20.0 Å². The lowest BCUT2D eigenvalue weighted by atomic mass is 10.1. The van der Waals surface area contributed by atoms with Crippen LogP contribution in [0.3, 0.4) is 0 Å². The van der Waals surface area contributed by atoms with Gasteiger partial charge in [0.15, 0.2) is 5.75 Å². The quantitative estimate of drug-likeness (QED) is 0.456. The van der Waals surface area contributed by atoms with E-state index in [1.807, 2.05) is 0 Å². The standard InChI is InChI=1S/C13H12N2O4S/c1-19-13(18)11-9(5-6-20-11)15-12(17)7-3-2-4-8(14)10(7)16/h2-6,16H,14H2,1H3,(H,15,17). The number of phenols is 1. The highest BCUT2D eigenvalue weighted by Crippen LogP contribution is 2.27. The molecule has 1 heterocycles. The van der Waals surface area contributed by atoms with Crippen molar-refractivity contribution in [3.05, 3.63) is 40.1 Å². The Hall–Kier alpha value is -2.54. The maximum Gasteiger partial charge on any atom is 0.350 e. The van der Waals surface area contributed by atoms with Gasteiger partial charge in [0.1, 0.15) is 4.88 Å². The van der Waals surface area contributed by atoms with Crippen molar-refractivity contribution in [2.45, 2.75) is 0 Å². The van der Waals surface area contributed by atoms with Crippen LogP contribution in [0.4, 0.5) is 11.4 Å². The van der Waals surface area contributed by atoms with Crippen molar-refractivity contribution in [2.24, 2.45) is 0 Å². The number of carbonyl (C=O) groups is 2. The minimum Gasteiger partial charge on any atom is -0.505 e. The van der Waals surface area contributed by atoms with Gasteiger partial charge in [-0.2, -0.15) is 0 Å². The number of hydrogen-bond acceptors (Lipinski definition) is 6. The van der Waals surface area contributed by atoms with Crippen LogP contribution >= 0.6 is 11.3 Å². The number of anilines is 2. The summed E-state index contributed by atoms with van der Waals surface area (Å²) in [5.41, 5.74) is 6.00. The minimum atomic E-state index is -0.557. The van der Waals surface area contributed by atoms with E-state index in [4.69, 9.17) is 5.73 Å². The first kappa shape index (κ1) is 13.9. The van der Waals surface area contributed by atoms with E-state index < -0.39 is 11.9 Å². The maximum absolute atomic E-state index is 12.1. The summed E-state index contributed by atoms with van der Waals surface area (Å²) in [4.78, 5) is 23.9. The average Bonchev–Trinajstić information content (AvgIpc) is 2.89. The Labute approximate surface area is 118 Å². The van der Waals surface area contributed by atoms with Gasteiger partial charge < -0.3 is 20.9 Å². The Bertz CT molecular complexity index is 666. The molecule has 1 amide bonds. The molecule has 0 aliphatic heterocycles. The van der Waals surface area contributed by atoms with Gasteiger partial charge in [-0.1, -0.05) is 6.07 Å². The van der Waals surface area contributed by atoms with E-state index in [-0.39, 0.29) is 21.9 Å². The summed E-state index contributed by atoms with van der Waals surface area (Å²) < 4.78 is 4.62. The van der Waals surface area contributed by atoms with Crippen LogP contribution in [-0.2, 0) is 4.74 Å². The van der Waals surface area contributed by atoms with Crippen LogP contribution in [0.5, 0.6) is 5.75 Å². The second-order valence-electron chi connectivity index (χ2n) is 3.85. The van der Waals surface area contributed by atoms with Crippen molar-refractivity contribution in [2.75, 3.05) is 18.2 Å². The maximum atomic E-state index is 12.1. The van der Waals surface area contributed by atoms with Crippen molar-refractivity contribution in [3.8, 4) is 5.75 Å². The largest absolute Gasteiger partial charge is 0.505 e. The lowest BCUT2D eigenvalue weighted by molar-refractivity contribution is 0.0607. The molecule has 0 atom stereocenters. The number of ether oxygens (including phenoxy) is 1. The molecule has 0 bridgehead atoms. The van der Waals surface area contributed by atoms with Crippen LogP contribution in [0.2, 0.25) is 0 Å². The van der Waals surface area contributed by atoms with Gasteiger partial charge >= 0.3 is 5.97 Å². The molecular formula is C13H12N2O4S. The molecule has 0 fully saturated rings. The van der Waals surface area contributed by atoms with Crippen LogP contribution < -0.4 is 11.1 Å². The number of carbonyl (C=O) groups excluding carboxylic acids is 2. The molecule has 0 radical (unpaired) electrons. The third kappa shape index (κ3) is 2.57. The normalized spacial score (nSPS) is 10.1. The van der Waals surface area contributed by atoms with Gasteiger partial charge in [-0.25, -0.2) is 4.79 Å². The highest BCUT2D eigenvalue weighted by Gasteiger charge is 2.18. The van der Waals surface area contributed by atoms with E-state index >= 15 is 0 Å². The van der Waals surface area contributed by atoms with Crippen molar-refractivity contribution in [3.63, 3.8) is 0 Å². The molecule has 0 saturated carbocycles. The molecule has 104 valence electrons. The number of amides is 1. The number of methoxy groups -OCH3 is 1. The van der Waals surface area contributed by atoms with Crippen LogP contribution in [-0.4, -0.2) is 24.1 Å². The summed E-state index contributed by atoms with van der Waals surface area (Å²) in [6, 6.07) is 6.05. The third-order valence-electron chi connectivity index (χ3n) is 2.60. The smallest absolute Gasteiger partial charge is 0.350 e. The topological polar surface area (TPSA) is 102 Å². The lowest BCUT2D eigenvalue weighted by Gasteiger charge is -2.08. The van der Waals surface area contributed by atoms with Crippen LogP contribution in [0.15, 0.2) is 29.6 Å². The summed E-state index contributed by atoms with van der Waals surface area (Å²) in [6.07, 6.45) is 0. The number of para-hydroxylation sites is 1. The molecule has 0 spiro atoms. The predicted molar refractivity (Wildman–Crippen MR) is 76.1 cm³/mol. The number of phenolic OH excluding ortho intramolecular Hbond substituents is 1. The van der Waals surface area contributed by atoms with Crippen molar-refractivity contribution < 1.29 is 19.4 Å². The SMILES string of the molecule is COC(=O)c1sccc1NC(=O)c1cccc(N)c1O. The number of hydrogen-bond donors (Lipinski definition) is 3. The van der Waals surface area contributed by atoms with E-state index in [0.717, 1.165) is 11.3 Å². The molecule has 7 heteroatoms. The molecule has 20 heavy (non-hydrogen) atoms. The zero-order valence-corrected chi connectivity index (χ0v) is 11.4. The number of nitrogen functional groups attached to an aromatic ring is 1. The lowest BCUT2D eigenvalue weighted by Crippen LogP contribution is -2.14. The summed E-state index contributed by atoms with van der Waals surface area (Å²) in [5, 5.41) is 13.9. The highest BCUT2D eigenvalue weighted by atomic mass is 32.1. The average molecular weight is 292 g/mol. The fourth-order valence-electron chi connectivity index (χ4n) is 1.59. The summed E-state index contributed by atoms with van der Waals surface area (Å²) in [6.45, 7) is 0. The first-order valence-corrected chi connectivity index (χ1v) is 6.47. The Balaban J connectivity index is 2.27. The zero-order chi connectivity index (χ0) is 14.7. The fourth-order valence-corrected chi connectivity index (χ4v) is 2.36. The van der Waals surface area contributed by atoms with Crippen molar-refractivity contribution >= 4 is 34.6 Å². The Morgan fingerprint density at radius 1 is 1.35 bits per heavy atom. The number of thiophene rings is 1. The number of benzene rings is 1. The summed E-state index contributed by atoms with van der Waals surface area (Å²) >= 11 is 1.15. The van der Waals surface area contributed by atoms with Crippen molar-refractivity contribution in [1.29, 1.82) is 0 Å². The van der Waals surface area contributed by atoms with Gasteiger partial charge in [-0.15, -0.1) is 11.3 Å². The number of aromatic hydroxyl groups is 1. The number of nitrogens with one attached hydrogen (secondary N) is 1. The molecule has 0 saturated heterocycles. The Kier molecular flexibility index (Phi) is 3.90. The highest BCUT2D eigenvalue weighted by molar-refractivity contribution is 7.12. The summed E-state index contributed by atoms with van der Waals surface area (Å²) in [5.74, 6) is -1.38. The molecule has 1 aromatic carbocycles. The Morgan fingerprint density at radius 2 is 2.10 bits per heavy atom. The van der Waals surface area contributed by atoms with Crippen LogP contribution in [0.25, 0.3) is 0 Å². The molecule has 2 aromatic rings. The van der Waals surface area contributed by atoms with Gasteiger partial charge in [0.05, 0.1) is 24.0 Å². The second-order valence-corrected chi connectivity index (χ2v) is 4.77. The molecular weight excluding hydrogens is 280 g/mol. The van der Waals surface area contributed by atoms with Crippen LogP contribution in [0, 0.1) is 0 Å². The van der Waals surface area contributed by atoms with Crippen molar-refractivity contribution in [1.82, 2.24) is 0 Å². The summed E-state index contributed by atoms with van der Waals surface area (Å²) in [7, 11) is 1.26. The Morgan fingerprint density at radius 3 is 2.80 bits per heavy atom. The molecule has 0 unspecified atom stereocenters. The zero-order valence-electron chi connectivity index (χ0n) is 10.5. The minimum absolute atomic E-state index is 0.0343. The fraction of sp³-hybridized carbons (Fsp3) is 0.0769. The monoisotopic (exact) mass is 292 g/mol.